The van der Waals surface area contributed by atoms with Crippen LogP contribution in [0.3, 0.4) is 0 Å². The number of aliphatic imine (C=N–C) groups is 1. The molecule has 2 aliphatic rings. The predicted molar refractivity (Wildman–Crippen MR) is 121 cm³/mol. The maximum Gasteiger partial charge on any atom is 0.139 e. The van der Waals surface area contributed by atoms with Gasteiger partial charge in [0.1, 0.15) is 23.5 Å². The van der Waals surface area contributed by atoms with Crippen molar-refractivity contribution in [3.05, 3.63) is 113 Å². The Bertz CT molecular complexity index is 1360. The van der Waals surface area contributed by atoms with Crippen LogP contribution in [0, 0.1) is 5.82 Å². The fourth-order valence-electron chi connectivity index (χ4n) is 4.64. The average molecular weight is 421 g/mol. The summed E-state index contributed by atoms with van der Waals surface area (Å²) in [7, 11) is 0. The predicted octanol–water partition coefficient (Wildman–Crippen LogP) is 4.57. The highest BCUT2D eigenvalue weighted by Crippen LogP contribution is 2.48. The molecule has 156 valence electrons. The van der Waals surface area contributed by atoms with Gasteiger partial charge in [-0.15, -0.1) is 0 Å². The van der Waals surface area contributed by atoms with E-state index in [2.05, 4.69) is 27.1 Å². The Morgan fingerprint density at radius 3 is 2.50 bits per heavy atom. The van der Waals surface area contributed by atoms with Crippen LogP contribution in [0.4, 0.5) is 4.39 Å². The molecule has 1 atom stereocenters. The Labute approximate surface area is 184 Å². The van der Waals surface area contributed by atoms with Crippen LogP contribution in [-0.2, 0) is 5.54 Å². The molecule has 1 aliphatic carbocycles. The molecule has 5 nitrogen and oxygen atoms in total. The molecular formula is C26H20FN5. The van der Waals surface area contributed by atoms with Gasteiger partial charge in [-0.25, -0.2) is 19.4 Å². The molecule has 0 bridgehead atoms. The van der Waals surface area contributed by atoms with Gasteiger partial charge >= 0.3 is 0 Å². The number of fused-ring (bicyclic) bond motifs is 1. The van der Waals surface area contributed by atoms with Gasteiger partial charge in [-0.05, 0) is 53.8 Å². The molecule has 2 aromatic carbocycles. The van der Waals surface area contributed by atoms with Gasteiger partial charge in [0.05, 0.1) is 5.56 Å². The highest BCUT2D eigenvalue weighted by Gasteiger charge is 2.44. The molecule has 0 saturated heterocycles. The molecule has 6 rings (SSSR count). The fourth-order valence-corrected chi connectivity index (χ4v) is 4.64. The van der Waals surface area contributed by atoms with Crippen LogP contribution >= 0.6 is 0 Å². The van der Waals surface area contributed by atoms with Crippen molar-refractivity contribution in [2.75, 3.05) is 0 Å². The number of hydrogen-bond acceptors (Lipinski definition) is 5. The minimum absolute atomic E-state index is 0.205. The number of hydrogen-bond donors (Lipinski definition) is 1. The molecule has 1 aliphatic heterocycles. The summed E-state index contributed by atoms with van der Waals surface area (Å²) < 4.78 is 14.9. The summed E-state index contributed by atoms with van der Waals surface area (Å²) in [6, 6.07) is 17.2. The van der Waals surface area contributed by atoms with Gasteiger partial charge in [0.25, 0.3) is 0 Å². The second-order valence-electron chi connectivity index (χ2n) is 8.32. The molecule has 2 N–H and O–H groups in total. The number of amidine groups is 1. The minimum Gasteiger partial charge on any atom is -0.383 e. The largest absolute Gasteiger partial charge is 0.383 e. The van der Waals surface area contributed by atoms with Crippen molar-refractivity contribution in [1.29, 1.82) is 0 Å². The molecule has 4 aromatic rings. The van der Waals surface area contributed by atoms with Gasteiger partial charge in [-0.3, -0.25) is 4.98 Å². The lowest BCUT2D eigenvalue weighted by Gasteiger charge is -2.30. The Balaban J connectivity index is 1.63. The van der Waals surface area contributed by atoms with Crippen LogP contribution in [0.1, 0.15) is 46.7 Å². The highest BCUT2D eigenvalue weighted by atomic mass is 19.1. The van der Waals surface area contributed by atoms with Gasteiger partial charge in [-0.1, -0.05) is 30.3 Å². The number of nitrogens with zero attached hydrogens (tertiary/aromatic N) is 4. The maximum atomic E-state index is 14.9. The third-order valence-electron chi connectivity index (χ3n) is 6.32. The lowest BCUT2D eigenvalue weighted by Crippen LogP contribution is -2.26. The monoisotopic (exact) mass is 421 g/mol. The zero-order chi connectivity index (χ0) is 21.7. The summed E-state index contributed by atoms with van der Waals surface area (Å²) in [6.45, 7) is 0. The molecule has 1 unspecified atom stereocenters. The third-order valence-corrected chi connectivity index (χ3v) is 6.32. The molecule has 6 heteroatoms. The molecule has 32 heavy (non-hydrogen) atoms. The van der Waals surface area contributed by atoms with Crippen LogP contribution in [-0.4, -0.2) is 20.8 Å². The second kappa shape index (κ2) is 7.05. The summed E-state index contributed by atoms with van der Waals surface area (Å²) >= 11 is 0. The molecule has 1 fully saturated rings. The Hall–Kier alpha value is -3.93. The van der Waals surface area contributed by atoms with Crippen molar-refractivity contribution in [3.63, 3.8) is 0 Å². The molecule has 3 heterocycles. The first kappa shape index (κ1) is 18.8. The van der Waals surface area contributed by atoms with E-state index in [1.54, 1.807) is 18.5 Å². The first-order valence-corrected chi connectivity index (χ1v) is 10.6. The summed E-state index contributed by atoms with van der Waals surface area (Å²) in [5.74, 6) is 0.320. The number of pyridine rings is 1. The molecule has 1 saturated carbocycles. The Morgan fingerprint density at radius 2 is 1.69 bits per heavy atom. The van der Waals surface area contributed by atoms with Crippen LogP contribution in [0.25, 0.3) is 11.1 Å². The lowest BCUT2D eigenvalue weighted by molar-refractivity contribution is 0.615. The minimum atomic E-state index is -0.959. The van der Waals surface area contributed by atoms with Crippen LogP contribution in [0.5, 0.6) is 0 Å². The van der Waals surface area contributed by atoms with E-state index < -0.39 is 5.54 Å². The third kappa shape index (κ3) is 2.83. The van der Waals surface area contributed by atoms with Crippen LogP contribution in [0.15, 0.2) is 84.5 Å². The second-order valence-corrected chi connectivity index (χ2v) is 8.32. The maximum absolute atomic E-state index is 14.9. The molecule has 0 amide bonds. The van der Waals surface area contributed by atoms with Crippen molar-refractivity contribution in [2.45, 2.75) is 24.3 Å². The van der Waals surface area contributed by atoms with Gasteiger partial charge in [0, 0.05) is 41.3 Å². The summed E-state index contributed by atoms with van der Waals surface area (Å²) in [5, 5.41) is 0. The molecular weight excluding hydrogens is 401 g/mol. The number of benzene rings is 2. The van der Waals surface area contributed by atoms with E-state index in [4.69, 9.17) is 10.7 Å². The number of nitrogens with two attached hydrogens (primary N) is 1. The SMILES string of the molecule is NC1=NC(c2cccc(-c3cncnc3)c2)(c2ccnc(C3CC3)c2)c2cccc(F)c21. The number of aromatic nitrogens is 3. The lowest BCUT2D eigenvalue weighted by atomic mass is 9.77. The van der Waals surface area contributed by atoms with Gasteiger partial charge < -0.3 is 5.73 Å². The van der Waals surface area contributed by atoms with Gasteiger partial charge in [0.2, 0.25) is 0 Å². The molecule has 0 radical (unpaired) electrons. The van der Waals surface area contributed by atoms with Crippen LogP contribution < -0.4 is 5.73 Å². The molecule has 2 aromatic heterocycles. The quantitative estimate of drug-likeness (QED) is 0.524. The van der Waals surface area contributed by atoms with E-state index in [1.807, 2.05) is 36.5 Å². The summed E-state index contributed by atoms with van der Waals surface area (Å²) in [4.78, 5) is 17.8. The van der Waals surface area contributed by atoms with Crippen molar-refractivity contribution in [1.82, 2.24) is 15.0 Å². The normalized spacial score (nSPS) is 19.5. The van der Waals surface area contributed by atoms with Gasteiger partial charge in [-0.2, -0.15) is 0 Å². The summed E-state index contributed by atoms with van der Waals surface area (Å²) in [5.41, 5.74) is 11.2. The zero-order valence-corrected chi connectivity index (χ0v) is 17.2. The highest BCUT2D eigenvalue weighted by molar-refractivity contribution is 6.03. The van der Waals surface area contributed by atoms with Crippen molar-refractivity contribution in [3.8, 4) is 11.1 Å². The Kier molecular flexibility index (Phi) is 4.15. The first-order valence-electron chi connectivity index (χ1n) is 10.6. The molecule has 0 spiro atoms. The first-order chi connectivity index (χ1) is 15.7. The van der Waals surface area contributed by atoms with E-state index >= 15 is 0 Å². The van der Waals surface area contributed by atoms with Crippen molar-refractivity contribution >= 4 is 5.84 Å². The van der Waals surface area contributed by atoms with Crippen molar-refractivity contribution in [2.24, 2.45) is 10.7 Å². The van der Waals surface area contributed by atoms with E-state index in [-0.39, 0.29) is 11.7 Å². The van der Waals surface area contributed by atoms with E-state index in [0.29, 0.717) is 11.5 Å². The summed E-state index contributed by atoms with van der Waals surface area (Å²) in [6.07, 6.45) is 9.16. The van der Waals surface area contributed by atoms with Gasteiger partial charge in [0.15, 0.2) is 0 Å². The standard InChI is InChI=1S/C26H20FN5/c27-22-6-2-5-21-24(22)25(28)32-26(21,20-9-10-31-23(12-20)16-7-8-16)19-4-1-3-17(11-19)18-13-29-15-30-14-18/h1-6,9-16H,7-8H2,(H2,28,32). The van der Waals surface area contributed by atoms with E-state index in [1.165, 1.54) is 12.4 Å². The number of halogens is 1. The van der Waals surface area contributed by atoms with Crippen molar-refractivity contribution < 1.29 is 4.39 Å². The van der Waals surface area contributed by atoms with E-state index in [0.717, 1.165) is 46.4 Å². The van der Waals surface area contributed by atoms with Crippen LogP contribution in [0.2, 0.25) is 0 Å². The van der Waals surface area contributed by atoms with E-state index in [9.17, 15) is 4.39 Å². The number of rotatable bonds is 4. The average Bonchev–Trinajstić information content (AvgIpc) is 3.64. The fraction of sp³-hybridized carbons (Fsp3) is 0.154. The topological polar surface area (TPSA) is 77.0 Å². The zero-order valence-electron chi connectivity index (χ0n) is 17.2. The Morgan fingerprint density at radius 1 is 0.906 bits per heavy atom. The smallest absolute Gasteiger partial charge is 0.139 e.